The fourth-order valence-corrected chi connectivity index (χ4v) is 3.11. The maximum absolute atomic E-state index is 14.2. The Labute approximate surface area is 169 Å². The highest BCUT2D eigenvalue weighted by molar-refractivity contribution is 5.72. The monoisotopic (exact) mass is 407 g/mol. The molecule has 0 heterocycles. The summed E-state index contributed by atoms with van der Waals surface area (Å²) in [5, 5.41) is 9.04. The predicted octanol–water partition coefficient (Wildman–Crippen LogP) is 7.43. The lowest BCUT2D eigenvalue weighted by atomic mass is 10.0. The minimum Gasteiger partial charge on any atom is -0.493 e. The lowest BCUT2D eigenvalue weighted by Crippen LogP contribution is -2.06. The molecule has 156 valence electrons. The molecule has 0 amide bonds. The number of halogens is 4. The van der Waals surface area contributed by atoms with Gasteiger partial charge in [-0.05, 0) is 37.1 Å². The zero-order valence-corrected chi connectivity index (χ0v) is 16.3. The highest BCUT2D eigenvalue weighted by Crippen LogP contribution is 2.32. The zero-order valence-electron chi connectivity index (χ0n) is 16.3. The molecule has 0 saturated heterocycles. The Morgan fingerprint density at radius 3 is 2.17 bits per heavy atom. The Kier molecular flexibility index (Phi) is 8.98. The van der Waals surface area contributed by atoms with E-state index in [1.807, 2.05) is 12.1 Å². The van der Waals surface area contributed by atoms with Crippen molar-refractivity contribution >= 4 is 0 Å². The molecule has 0 radical (unpaired) electrons. The smallest absolute Gasteiger partial charge is 0.389 e. The number of ether oxygens (including phenoxy) is 1. The molecule has 0 N–H and O–H groups in total. The first kappa shape index (κ1) is 22.7. The highest BCUT2D eigenvalue weighted by Gasteiger charge is 2.25. The molecular formula is C23H25F4NO. The third-order valence-corrected chi connectivity index (χ3v) is 4.63. The van der Waals surface area contributed by atoms with Crippen LogP contribution in [-0.2, 0) is 0 Å². The van der Waals surface area contributed by atoms with Crippen LogP contribution in [0.25, 0.3) is 11.1 Å². The number of hydrogen-bond donors (Lipinski definition) is 0. The van der Waals surface area contributed by atoms with Crippen molar-refractivity contribution in [2.45, 2.75) is 57.5 Å². The van der Waals surface area contributed by atoms with Crippen molar-refractivity contribution in [3.8, 4) is 22.9 Å². The molecule has 0 spiro atoms. The number of alkyl halides is 3. The lowest BCUT2D eigenvalue weighted by molar-refractivity contribution is -0.135. The summed E-state index contributed by atoms with van der Waals surface area (Å²) in [6.07, 6.45) is 0.496. The van der Waals surface area contributed by atoms with E-state index in [0.29, 0.717) is 35.5 Å². The molecule has 0 unspecified atom stereocenters. The molecule has 29 heavy (non-hydrogen) atoms. The first-order chi connectivity index (χ1) is 13.9. The number of unbranched alkanes of at least 4 members (excludes halogenated alkanes) is 6. The fourth-order valence-electron chi connectivity index (χ4n) is 3.11. The van der Waals surface area contributed by atoms with E-state index in [1.165, 1.54) is 18.2 Å². The van der Waals surface area contributed by atoms with E-state index in [4.69, 9.17) is 10.00 Å². The van der Waals surface area contributed by atoms with Gasteiger partial charge in [-0.3, -0.25) is 0 Å². The Morgan fingerprint density at radius 1 is 0.828 bits per heavy atom. The quantitative estimate of drug-likeness (QED) is 0.287. The molecule has 6 heteroatoms. The normalized spacial score (nSPS) is 11.3. The van der Waals surface area contributed by atoms with Gasteiger partial charge in [0.1, 0.15) is 11.6 Å². The van der Waals surface area contributed by atoms with Gasteiger partial charge in [-0.2, -0.15) is 18.4 Å². The Morgan fingerprint density at radius 2 is 1.48 bits per heavy atom. The summed E-state index contributed by atoms with van der Waals surface area (Å²) in [6, 6.07) is 13.4. The number of para-hydroxylation sites is 1. The summed E-state index contributed by atoms with van der Waals surface area (Å²) in [5.41, 5.74) is 1.32. The summed E-state index contributed by atoms with van der Waals surface area (Å²) in [5.74, 6) is 0.152. The van der Waals surface area contributed by atoms with Gasteiger partial charge in [0.2, 0.25) is 0 Å². The largest absolute Gasteiger partial charge is 0.493 e. The lowest BCUT2D eigenvalue weighted by Gasteiger charge is -2.12. The molecule has 0 aromatic heterocycles. The van der Waals surface area contributed by atoms with Crippen LogP contribution in [0.15, 0.2) is 42.5 Å². The molecule has 0 bridgehead atoms. The van der Waals surface area contributed by atoms with Gasteiger partial charge in [0.15, 0.2) is 0 Å². The van der Waals surface area contributed by atoms with E-state index >= 15 is 0 Å². The average molecular weight is 407 g/mol. The molecule has 0 atom stereocenters. The zero-order chi connectivity index (χ0) is 21.1. The number of hydrogen-bond acceptors (Lipinski definition) is 2. The van der Waals surface area contributed by atoms with Crippen molar-refractivity contribution in [3.05, 3.63) is 53.8 Å². The number of rotatable bonds is 11. The van der Waals surface area contributed by atoms with E-state index in [1.54, 1.807) is 18.2 Å². The molecule has 2 nitrogen and oxygen atoms in total. The van der Waals surface area contributed by atoms with Gasteiger partial charge in [-0.1, -0.05) is 50.3 Å². The van der Waals surface area contributed by atoms with E-state index in [-0.39, 0.29) is 6.42 Å². The van der Waals surface area contributed by atoms with Crippen molar-refractivity contribution in [3.63, 3.8) is 0 Å². The minimum atomic E-state index is -4.05. The maximum Gasteiger partial charge on any atom is 0.389 e. The van der Waals surface area contributed by atoms with Gasteiger partial charge in [0.25, 0.3) is 0 Å². The first-order valence-corrected chi connectivity index (χ1v) is 9.89. The van der Waals surface area contributed by atoms with E-state index < -0.39 is 18.4 Å². The molecule has 0 saturated carbocycles. The first-order valence-electron chi connectivity index (χ1n) is 9.89. The Balaban J connectivity index is 1.74. The Bertz CT molecular complexity index is 811. The van der Waals surface area contributed by atoms with Crippen LogP contribution in [0.2, 0.25) is 0 Å². The van der Waals surface area contributed by atoms with Gasteiger partial charge in [0.05, 0.1) is 18.2 Å². The summed E-state index contributed by atoms with van der Waals surface area (Å²) in [6.45, 7) is 0.477. The SMILES string of the molecule is N#Cc1ccc(F)c(-c2ccccc2OCCCCCCCCCC(F)(F)F)c1. The molecule has 0 aliphatic carbocycles. The molecule has 2 aromatic carbocycles. The van der Waals surface area contributed by atoms with Crippen LogP contribution in [0, 0.1) is 17.1 Å². The molecule has 2 rings (SSSR count). The number of nitriles is 1. The average Bonchev–Trinajstić information content (AvgIpc) is 2.69. The van der Waals surface area contributed by atoms with Crippen LogP contribution in [0.5, 0.6) is 5.75 Å². The fraction of sp³-hybridized carbons (Fsp3) is 0.435. The number of nitrogens with zero attached hydrogens (tertiary/aromatic N) is 1. The molecule has 0 aliphatic rings. The van der Waals surface area contributed by atoms with Gasteiger partial charge >= 0.3 is 6.18 Å². The predicted molar refractivity (Wildman–Crippen MR) is 105 cm³/mol. The third kappa shape index (κ3) is 8.15. The number of benzene rings is 2. The maximum atomic E-state index is 14.2. The van der Waals surface area contributed by atoms with Crippen LogP contribution < -0.4 is 4.74 Å². The molecule has 0 fully saturated rings. The van der Waals surface area contributed by atoms with Crippen molar-refractivity contribution in [2.75, 3.05) is 6.61 Å². The van der Waals surface area contributed by atoms with E-state index in [0.717, 1.165) is 32.1 Å². The van der Waals surface area contributed by atoms with Crippen molar-refractivity contribution in [1.82, 2.24) is 0 Å². The van der Waals surface area contributed by atoms with Crippen molar-refractivity contribution in [1.29, 1.82) is 5.26 Å². The third-order valence-electron chi connectivity index (χ3n) is 4.63. The van der Waals surface area contributed by atoms with E-state index in [9.17, 15) is 17.6 Å². The summed E-state index contributed by atoms with van der Waals surface area (Å²) >= 11 is 0. The minimum absolute atomic E-state index is 0.201. The van der Waals surface area contributed by atoms with Gasteiger partial charge in [-0.25, -0.2) is 4.39 Å². The van der Waals surface area contributed by atoms with Gasteiger partial charge in [-0.15, -0.1) is 0 Å². The summed E-state index contributed by atoms with van der Waals surface area (Å²) in [4.78, 5) is 0. The second-order valence-electron chi connectivity index (χ2n) is 6.99. The standard InChI is InChI=1S/C23H25F4NO/c24-21-13-12-18(17-28)16-20(21)19-10-6-7-11-22(19)29-15-9-5-3-1-2-4-8-14-23(25,26)27/h6-7,10-13,16H,1-5,8-9,14-15H2. The van der Waals surface area contributed by atoms with Gasteiger partial charge < -0.3 is 4.74 Å². The van der Waals surface area contributed by atoms with Crippen LogP contribution in [0.1, 0.15) is 56.9 Å². The Hall–Kier alpha value is -2.55. The van der Waals surface area contributed by atoms with Crippen molar-refractivity contribution in [2.24, 2.45) is 0 Å². The molecule has 0 aliphatic heterocycles. The van der Waals surface area contributed by atoms with Crippen molar-refractivity contribution < 1.29 is 22.3 Å². The van der Waals surface area contributed by atoms with Crippen LogP contribution >= 0.6 is 0 Å². The van der Waals surface area contributed by atoms with Gasteiger partial charge in [0, 0.05) is 17.5 Å². The molecular weight excluding hydrogens is 382 g/mol. The second kappa shape index (κ2) is 11.5. The molecule has 2 aromatic rings. The summed E-state index contributed by atoms with van der Waals surface area (Å²) in [7, 11) is 0. The van der Waals surface area contributed by atoms with Crippen LogP contribution in [-0.4, -0.2) is 12.8 Å². The van der Waals surface area contributed by atoms with Crippen LogP contribution in [0.3, 0.4) is 0 Å². The second-order valence-corrected chi connectivity index (χ2v) is 6.99. The highest BCUT2D eigenvalue weighted by atomic mass is 19.4. The summed E-state index contributed by atoms with van der Waals surface area (Å²) < 4.78 is 56.2. The topological polar surface area (TPSA) is 33.0 Å². The van der Waals surface area contributed by atoms with Crippen LogP contribution in [0.4, 0.5) is 17.6 Å². The van der Waals surface area contributed by atoms with E-state index in [2.05, 4.69) is 0 Å².